The lowest BCUT2D eigenvalue weighted by atomic mass is 9.84. The number of hydrogen-bond acceptors (Lipinski definition) is 8. The van der Waals surface area contributed by atoms with Gasteiger partial charge in [-0.25, -0.2) is 0 Å². The van der Waals surface area contributed by atoms with E-state index >= 15 is 0 Å². The van der Waals surface area contributed by atoms with Gasteiger partial charge in [-0.1, -0.05) is 63.2 Å². The van der Waals surface area contributed by atoms with Crippen molar-refractivity contribution in [3.63, 3.8) is 0 Å². The summed E-state index contributed by atoms with van der Waals surface area (Å²) in [5, 5.41) is -0.0661. The van der Waals surface area contributed by atoms with Gasteiger partial charge in [0.05, 0.1) is 24.9 Å². The molecule has 0 bridgehead atoms. The Labute approximate surface area is 243 Å². The molecule has 0 heterocycles. The van der Waals surface area contributed by atoms with E-state index in [1.165, 1.54) is 20.1 Å². The topological polar surface area (TPSA) is 105 Å². The number of esters is 1. The van der Waals surface area contributed by atoms with Crippen LogP contribution >= 0.6 is 0 Å². The Morgan fingerprint density at radius 2 is 1.63 bits per heavy atom. The van der Waals surface area contributed by atoms with Crippen molar-refractivity contribution in [2.24, 2.45) is 0 Å². The lowest BCUT2D eigenvalue weighted by Crippen LogP contribution is -2.47. The smallest absolute Gasteiger partial charge is 0.303 e. The van der Waals surface area contributed by atoms with E-state index in [0.29, 0.717) is 0 Å². The number of ketones is 3. The highest BCUT2D eigenvalue weighted by atomic mass is 28.4. The van der Waals surface area contributed by atoms with Crippen LogP contribution in [0.15, 0.2) is 60.2 Å². The van der Waals surface area contributed by atoms with Crippen molar-refractivity contribution in [2.75, 3.05) is 7.11 Å². The summed E-state index contributed by atoms with van der Waals surface area (Å²) in [5.41, 5.74) is 0.608. The zero-order valence-corrected chi connectivity index (χ0v) is 26.1. The number of Topliss-reactive ketones (excluding diaryl/α,β-unsaturated/α-hetero) is 2. The molecule has 1 aliphatic rings. The minimum atomic E-state index is -2.20. The molecule has 9 heteroatoms. The van der Waals surface area contributed by atoms with Crippen LogP contribution in [0.25, 0.3) is 0 Å². The molecular formula is C32H40O8Si. The van der Waals surface area contributed by atoms with E-state index in [1.54, 1.807) is 12.1 Å². The van der Waals surface area contributed by atoms with E-state index in [4.69, 9.17) is 18.6 Å². The summed E-state index contributed by atoms with van der Waals surface area (Å²) in [6, 6.07) is 13.9. The molecule has 0 spiro atoms. The summed E-state index contributed by atoms with van der Waals surface area (Å²) in [7, 11) is -0.812. The van der Waals surface area contributed by atoms with E-state index in [1.807, 2.05) is 37.3 Å². The van der Waals surface area contributed by atoms with Crippen molar-refractivity contribution in [3.05, 3.63) is 76.9 Å². The molecule has 8 nitrogen and oxygen atoms in total. The van der Waals surface area contributed by atoms with Gasteiger partial charge < -0.3 is 18.6 Å². The normalized spacial score (nSPS) is 15.9. The molecule has 0 fully saturated rings. The molecule has 0 radical (unpaired) electrons. The van der Waals surface area contributed by atoms with Gasteiger partial charge in [0.1, 0.15) is 11.9 Å². The quantitative estimate of drug-likeness (QED) is 0.174. The second kappa shape index (κ2) is 13.1. The molecule has 2 aromatic carbocycles. The van der Waals surface area contributed by atoms with Gasteiger partial charge >= 0.3 is 5.97 Å². The van der Waals surface area contributed by atoms with Crippen molar-refractivity contribution in [1.82, 2.24) is 0 Å². The molecular weight excluding hydrogens is 540 g/mol. The molecule has 3 rings (SSSR count). The summed E-state index contributed by atoms with van der Waals surface area (Å²) in [6.45, 7) is 13.7. The van der Waals surface area contributed by atoms with Gasteiger partial charge in [0.2, 0.25) is 5.78 Å². The fourth-order valence-corrected chi connectivity index (χ4v) is 5.96. The van der Waals surface area contributed by atoms with Crippen LogP contribution in [0.3, 0.4) is 0 Å². The van der Waals surface area contributed by atoms with Gasteiger partial charge in [-0.3, -0.25) is 19.2 Å². The van der Waals surface area contributed by atoms with Gasteiger partial charge in [0, 0.05) is 31.1 Å². The Kier molecular flexibility index (Phi) is 10.2. The molecule has 220 valence electrons. The second-order valence-electron chi connectivity index (χ2n) is 11.8. The Morgan fingerprint density at radius 1 is 0.976 bits per heavy atom. The molecule has 3 atom stereocenters. The molecule has 0 saturated carbocycles. The van der Waals surface area contributed by atoms with Crippen LogP contribution in [0.1, 0.15) is 67.3 Å². The van der Waals surface area contributed by atoms with Gasteiger partial charge in [0.25, 0.3) is 0 Å². The van der Waals surface area contributed by atoms with Crippen LogP contribution in [0, 0.1) is 0 Å². The van der Waals surface area contributed by atoms with Crippen LogP contribution in [0.5, 0.6) is 5.75 Å². The number of fused-ring (bicyclic) bond motifs is 1. The molecule has 0 aliphatic heterocycles. The Hall–Kier alpha value is -3.40. The van der Waals surface area contributed by atoms with E-state index in [0.717, 1.165) is 11.6 Å². The summed E-state index contributed by atoms with van der Waals surface area (Å²) < 4.78 is 23.6. The average Bonchev–Trinajstić information content (AvgIpc) is 2.89. The number of ether oxygens (including phenoxy) is 3. The predicted molar refractivity (Wildman–Crippen MR) is 158 cm³/mol. The zero-order chi connectivity index (χ0) is 30.5. The van der Waals surface area contributed by atoms with E-state index < -0.39 is 49.9 Å². The standard InChI is InChI=1S/C32H40O8Si/c1-20(40-41(7,8)32(3,4)5)17-27(39-21(2)33)31(38-19-22-13-10-9-11-14-22)30(36)24-18-25(34)23-15-12-16-26(37-6)28(23)29(24)35/h9-16,18,20,27,31H,17,19H2,1-8H3/t20-,27-,31-/m1/s1. The minimum Gasteiger partial charge on any atom is -0.496 e. The third-order valence-corrected chi connectivity index (χ3v) is 12.2. The van der Waals surface area contributed by atoms with Gasteiger partial charge in [-0.15, -0.1) is 0 Å². The Balaban J connectivity index is 2.01. The number of rotatable bonds is 12. The number of carbonyl (C=O) groups excluding carboxylic acids is 4. The van der Waals surface area contributed by atoms with Crippen LogP contribution in [-0.2, 0) is 30.1 Å². The molecule has 0 aromatic heterocycles. The first-order valence-corrected chi connectivity index (χ1v) is 16.6. The van der Waals surface area contributed by atoms with Crippen molar-refractivity contribution < 1.29 is 37.8 Å². The summed E-state index contributed by atoms with van der Waals surface area (Å²) >= 11 is 0. The minimum absolute atomic E-state index is 0.0157. The van der Waals surface area contributed by atoms with E-state index in [2.05, 4.69) is 33.9 Å². The van der Waals surface area contributed by atoms with Gasteiger partial charge in [-0.05, 0) is 36.7 Å². The molecule has 41 heavy (non-hydrogen) atoms. The SMILES string of the molecule is COc1cccc2c1C(=O)C(C(=O)[C@H](OCc1ccccc1)[C@@H](C[C@@H](C)O[Si](C)(C)C(C)(C)C)OC(C)=O)=CC2=O. The molecule has 0 unspecified atom stereocenters. The van der Waals surface area contributed by atoms with E-state index in [-0.39, 0.29) is 40.5 Å². The number of benzene rings is 2. The van der Waals surface area contributed by atoms with Crippen molar-refractivity contribution >= 4 is 31.6 Å². The number of carbonyl (C=O) groups is 4. The van der Waals surface area contributed by atoms with Crippen molar-refractivity contribution in [1.29, 1.82) is 0 Å². The summed E-state index contributed by atoms with van der Waals surface area (Å²) in [6.07, 6.45) is -1.66. The Morgan fingerprint density at radius 3 is 2.22 bits per heavy atom. The fraction of sp³-hybridized carbons (Fsp3) is 0.438. The zero-order valence-electron chi connectivity index (χ0n) is 25.1. The van der Waals surface area contributed by atoms with Crippen molar-refractivity contribution in [2.45, 2.75) is 84.1 Å². The first kappa shape index (κ1) is 32.1. The highest BCUT2D eigenvalue weighted by Gasteiger charge is 2.43. The maximum absolute atomic E-state index is 14.1. The van der Waals surface area contributed by atoms with Crippen LogP contribution in [-0.4, -0.2) is 57.1 Å². The summed E-state index contributed by atoms with van der Waals surface area (Å²) in [5.74, 6) is -2.32. The molecule has 1 aliphatic carbocycles. The van der Waals surface area contributed by atoms with Crippen molar-refractivity contribution in [3.8, 4) is 5.75 Å². The summed E-state index contributed by atoms with van der Waals surface area (Å²) in [4.78, 5) is 53.0. The molecule has 0 amide bonds. The number of methoxy groups -OCH3 is 1. The van der Waals surface area contributed by atoms with Gasteiger partial charge in [0.15, 0.2) is 26.0 Å². The van der Waals surface area contributed by atoms with E-state index in [9.17, 15) is 19.2 Å². The lowest BCUT2D eigenvalue weighted by molar-refractivity contribution is -0.161. The molecule has 2 aromatic rings. The largest absolute Gasteiger partial charge is 0.496 e. The average molecular weight is 581 g/mol. The van der Waals surface area contributed by atoms with Crippen LogP contribution in [0.4, 0.5) is 0 Å². The first-order valence-electron chi connectivity index (χ1n) is 13.7. The predicted octanol–water partition coefficient (Wildman–Crippen LogP) is 5.89. The third kappa shape index (κ3) is 7.66. The first-order chi connectivity index (χ1) is 19.2. The Bertz CT molecular complexity index is 1320. The molecule has 0 N–H and O–H groups in total. The maximum Gasteiger partial charge on any atom is 0.303 e. The molecule has 0 saturated heterocycles. The van der Waals surface area contributed by atoms with Gasteiger partial charge in [-0.2, -0.15) is 0 Å². The third-order valence-electron chi connectivity index (χ3n) is 7.58. The van der Waals surface area contributed by atoms with Crippen LogP contribution in [0.2, 0.25) is 18.1 Å². The lowest BCUT2D eigenvalue weighted by Gasteiger charge is -2.39. The second-order valence-corrected chi connectivity index (χ2v) is 16.5. The highest BCUT2D eigenvalue weighted by Crippen LogP contribution is 2.38. The fourth-order valence-electron chi connectivity index (χ4n) is 4.50. The number of hydrogen-bond donors (Lipinski definition) is 0. The number of allylic oxidation sites excluding steroid dienone is 1. The monoisotopic (exact) mass is 580 g/mol. The highest BCUT2D eigenvalue weighted by molar-refractivity contribution is 6.74. The maximum atomic E-state index is 14.1. The van der Waals surface area contributed by atoms with Crippen LogP contribution < -0.4 is 4.74 Å².